The number of aryl methyl sites for hydroxylation is 1. The molecule has 0 aliphatic carbocycles. The van der Waals surface area contributed by atoms with Crippen LogP contribution in [0.2, 0.25) is 0 Å². The minimum absolute atomic E-state index is 0.128. The normalized spacial score (nSPS) is 18.2. The van der Waals surface area contributed by atoms with E-state index in [1.807, 2.05) is 29.3 Å². The van der Waals surface area contributed by atoms with E-state index in [4.69, 9.17) is 4.98 Å². The van der Waals surface area contributed by atoms with Crippen LogP contribution in [0.1, 0.15) is 57.9 Å². The van der Waals surface area contributed by atoms with Crippen molar-refractivity contribution in [3.63, 3.8) is 0 Å². The van der Waals surface area contributed by atoms with Crippen molar-refractivity contribution in [2.75, 3.05) is 31.6 Å². The van der Waals surface area contributed by atoms with Crippen molar-refractivity contribution in [2.45, 2.75) is 38.0 Å². The van der Waals surface area contributed by atoms with Gasteiger partial charge in [-0.15, -0.1) is 0 Å². The maximum atomic E-state index is 13.3. The fourth-order valence-electron chi connectivity index (χ4n) is 5.12. The molecular weight excluding hydrogens is 413 g/mol. The van der Waals surface area contributed by atoms with Gasteiger partial charge in [0.15, 0.2) is 0 Å². The van der Waals surface area contributed by atoms with Crippen molar-refractivity contribution in [1.29, 1.82) is 0 Å². The zero-order valence-electron chi connectivity index (χ0n) is 19.1. The summed E-state index contributed by atoms with van der Waals surface area (Å²) in [6, 6.07) is 17.0. The van der Waals surface area contributed by atoms with Gasteiger partial charge in [0.2, 0.25) is 0 Å². The molecule has 33 heavy (non-hydrogen) atoms. The molecule has 5 rings (SSSR count). The van der Waals surface area contributed by atoms with Crippen LogP contribution in [-0.2, 0) is 12.8 Å². The fourth-order valence-corrected chi connectivity index (χ4v) is 5.12. The zero-order chi connectivity index (χ0) is 22.8. The summed E-state index contributed by atoms with van der Waals surface area (Å²) in [7, 11) is 2.12. The Morgan fingerprint density at radius 3 is 2.64 bits per heavy atom. The van der Waals surface area contributed by atoms with E-state index in [0.717, 1.165) is 67.6 Å². The van der Waals surface area contributed by atoms with E-state index < -0.39 is 0 Å². The molecule has 170 valence electrons. The summed E-state index contributed by atoms with van der Waals surface area (Å²) < 4.78 is 13.1. The van der Waals surface area contributed by atoms with Crippen LogP contribution in [0.4, 0.5) is 10.1 Å². The summed E-state index contributed by atoms with van der Waals surface area (Å²) in [5.74, 6) is 0.168. The van der Waals surface area contributed by atoms with E-state index in [2.05, 4.69) is 36.2 Å². The number of carbonyl (C=O) groups is 1. The predicted molar refractivity (Wildman–Crippen MR) is 129 cm³/mol. The van der Waals surface area contributed by atoms with Gasteiger partial charge in [-0.05, 0) is 85.2 Å². The largest absolute Gasteiger partial charge is 0.374 e. The summed E-state index contributed by atoms with van der Waals surface area (Å²) in [6.07, 6.45) is 6.86. The molecule has 0 spiro atoms. The number of carbonyl (C=O) groups excluding carboxylic acids is 1. The van der Waals surface area contributed by atoms with Crippen molar-refractivity contribution >= 4 is 11.6 Å². The molecule has 2 aliphatic heterocycles. The number of hydrogen-bond acceptors (Lipinski definition) is 3. The molecule has 1 saturated heterocycles. The predicted octanol–water partition coefficient (Wildman–Crippen LogP) is 5.21. The lowest BCUT2D eigenvalue weighted by atomic mass is 9.92. The Bertz CT molecular complexity index is 1130. The number of piperidine rings is 1. The van der Waals surface area contributed by atoms with Gasteiger partial charge in [-0.1, -0.05) is 18.2 Å². The van der Waals surface area contributed by atoms with Gasteiger partial charge in [0.25, 0.3) is 5.91 Å². The van der Waals surface area contributed by atoms with Crippen LogP contribution >= 0.6 is 0 Å². The first-order valence-electron chi connectivity index (χ1n) is 11.9. The quantitative estimate of drug-likeness (QED) is 0.555. The number of likely N-dealkylation sites (tertiary alicyclic amines) is 1. The first-order valence-corrected chi connectivity index (χ1v) is 11.9. The smallest absolute Gasteiger partial charge is 0.253 e. The summed E-state index contributed by atoms with van der Waals surface area (Å²) in [4.78, 5) is 22.3. The zero-order valence-corrected chi connectivity index (χ0v) is 19.1. The number of amides is 1. The molecule has 0 bridgehead atoms. The van der Waals surface area contributed by atoms with Gasteiger partial charge in [0, 0.05) is 55.7 Å². The fraction of sp³-hybridized carbons (Fsp3) is 0.357. The van der Waals surface area contributed by atoms with Gasteiger partial charge in [-0.3, -0.25) is 9.78 Å². The van der Waals surface area contributed by atoms with Crippen LogP contribution < -0.4 is 4.90 Å². The number of benzene rings is 2. The number of pyridine rings is 1. The minimum atomic E-state index is -0.216. The first-order chi connectivity index (χ1) is 16.1. The number of rotatable bonds is 4. The number of anilines is 1. The summed E-state index contributed by atoms with van der Waals surface area (Å²) in [5, 5.41) is 0. The van der Waals surface area contributed by atoms with Crippen molar-refractivity contribution in [2.24, 2.45) is 0 Å². The van der Waals surface area contributed by atoms with E-state index in [-0.39, 0.29) is 17.6 Å². The molecule has 1 amide bonds. The third-order valence-electron chi connectivity index (χ3n) is 6.97. The Morgan fingerprint density at radius 1 is 1.03 bits per heavy atom. The van der Waals surface area contributed by atoms with E-state index in [9.17, 15) is 9.18 Å². The Morgan fingerprint density at radius 2 is 1.85 bits per heavy atom. The number of nitrogens with zero attached hydrogens (tertiary/aromatic N) is 3. The topological polar surface area (TPSA) is 36.4 Å². The first kappa shape index (κ1) is 21.6. The van der Waals surface area contributed by atoms with Crippen molar-refractivity contribution in [3.8, 4) is 0 Å². The van der Waals surface area contributed by atoms with Crippen LogP contribution in [0.3, 0.4) is 0 Å². The molecule has 1 atom stereocenters. The van der Waals surface area contributed by atoms with Gasteiger partial charge in [-0.25, -0.2) is 4.39 Å². The van der Waals surface area contributed by atoms with Crippen LogP contribution in [0.15, 0.2) is 60.8 Å². The van der Waals surface area contributed by atoms with E-state index in [0.29, 0.717) is 6.54 Å². The molecule has 0 radical (unpaired) electrons. The van der Waals surface area contributed by atoms with Crippen molar-refractivity contribution < 1.29 is 9.18 Å². The van der Waals surface area contributed by atoms with Crippen LogP contribution in [0.25, 0.3) is 0 Å². The molecular formula is C28H30FN3O. The second kappa shape index (κ2) is 9.34. The molecule has 3 heterocycles. The second-order valence-electron chi connectivity index (χ2n) is 9.35. The van der Waals surface area contributed by atoms with Crippen LogP contribution in [0.5, 0.6) is 0 Å². The highest BCUT2D eigenvalue weighted by Crippen LogP contribution is 2.30. The standard InChI is InChI=1S/C28H30FN3O/c1-31-14-2-4-22-17-23(9-13-27(22)31)28(33)32-15-3-5-24(19-32)26-12-8-21(18-30-26)16-20-6-10-25(29)11-7-20/h6-13,17-18,24H,2-5,14-16,19H2,1H3. The summed E-state index contributed by atoms with van der Waals surface area (Å²) in [5.41, 5.74) is 6.54. The number of halogens is 1. The average Bonchev–Trinajstić information content (AvgIpc) is 2.85. The maximum Gasteiger partial charge on any atom is 0.253 e. The lowest BCUT2D eigenvalue weighted by Gasteiger charge is -2.33. The van der Waals surface area contributed by atoms with Crippen molar-refractivity contribution in [3.05, 3.63) is 94.6 Å². The van der Waals surface area contributed by atoms with Gasteiger partial charge < -0.3 is 9.80 Å². The summed E-state index contributed by atoms with van der Waals surface area (Å²) >= 11 is 0. The molecule has 0 N–H and O–H groups in total. The lowest BCUT2D eigenvalue weighted by Crippen LogP contribution is -2.39. The molecule has 2 aliphatic rings. The Kier molecular flexibility index (Phi) is 6.12. The number of hydrogen-bond donors (Lipinski definition) is 0. The molecule has 1 fully saturated rings. The molecule has 1 unspecified atom stereocenters. The molecule has 4 nitrogen and oxygen atoms in total. The van der Waals surface area contributed by atoms with Gasteiger partial charge >= 0.3 is 0 Å². The maximum absolute atomic E-state index is 13.3. The Hall–Kier alpha value is -3.21. The molecule has 2 aromatic carbocycles. The van der Waals surface area contributed by atoms with Crippen LogP contribution in [0, 0.1) is 5.82 Å². The highest BCUT2D eigenvalue weighted by atomic mass is 19.1. The van der Waals surface area contributed by atoms with Gasteiger partial charge in [-0.2, -0.15) is 0 Å². The average molecular weight is 444 g/mol. The third kappa shape index (κ3) is 4.77. The molecule has 0 saturated carbocycles. The Labute approximate surface area is 195 Å². The lowest BCUT2D eigenvalue weighted by molar-refractivity contribution is 0.0705. The van der Waals surface area contributed by atoms with Crippen molar-refractivity contribution in [1.82, 2.24) is 9.88 Å². The van der Waals surface area contributed by atoms with E-state index in [1.165, 1.54) is 23.4 Å². The Balaban J connectivity index is 1.26. The highest BCUT2D eigenvalue weighted by molar-refractivity contribution is 5.95. The summed E-state index contributed by atoms with van der Waals surface area (Å²) in [6.45, 7) is 2.58. The van der Waals surface area contributed by atoms with Gasteiger partial charge in [0.05, 0.1) is 0 Å². The molecule has 5 heteroatoms. The molecule has 1 aromatic heterocycles. The number of fused-ring (bicyclic) bond motifs is 1. The third-order valence-corrected chi connectivity index (χ3v) is 6.97. The SMILES string of the molecule is CN1CCCc2cc(C(=O)N3CCCC(c4ccc(Cc5ccc(F)cc5)cn4)C3)ccc21. The highest BCUT2D eigenvalue weighted by Gasteiger charge is 2.27. The van der Waals surface area contributed by atoms with E-state index >= 15 is 0 Å². The van der Waals surface area contributed by atoms with E-state index in [1.54, 1.807) is 0 Å². The number of aromatic nitrogens is 1. The monoisotopic (exact) mass is 443 g/mol. The van der Waals surface area contributed by atoms with Gasteiger partial charge in [0.1, 0.15) is 5.82 Å². The minimum Gasteiger partial charge on any atom is -0.374 e. The molecule has 3 aromatic rings. The van der Waals surface area contributed by atoms with Crippen LogP contribution in [-0.4, -0.2) is 42.5 Å². The second-order valence-corrected chi connectivity index (χ2v) is 9.35.